The number of piperidine rings is 1. The van der Waals surface area contributed by atoms with Gasteiger partial charge in [-0.1, -0.05) is 30.3 Å². The smallest absolute Gasteiger partial charge is 0.306 e. The van der Waals surface area contributed by atoms with Crippen LogP contribution in [0.25, 0.3) is 0 Å². The number of rotatable bonds is 15. The topological polar surface area (TPSA) is 121 Å². The number of carbonyl (C=O) groups excluding carboxylic acids is 3. The molecule has 10 heteroatoms. The molecular weight excluding hydrogens is 562 g/mol. The lowest BCUT2D eigenvalue weighted by Gasteiger charge is -2.31. The van der Waals surface area contributed by atoms with Gasteiger partial charge in [0.15, 0.2) is 0 Å². The summed E-state index contributed by atoms with van der Waals surface area (Å²) < 4.78 is 22.3. The van der Waals surface area contributed by atoms with E-state index in [1.165, 1.54) is 10.5 Å². The zero-order valence-electron chi connectivity index (χ0n) is 26.5. The summed E-state index contributed by atoms with van der Waals surface area (Å²) in [5.41, 5.74) is 8.51. The molecule has 2 amide bonds. The van der Waals surface area contributed by atoms with Gasteiger partial charge in [-0.3, -0.25) is 19.3 Å². The molecule has 240 valence electrons. The van der Waals surface area contributed by atoms with Crippen LogP contribution in [0, 0.1) is 5.92 Å². The van der Waals surface area contributed by atoms with Crippen LogP contribution >= 0.6 is 0 Å². The molecular formula is C34H47N3O7. The van der Waals surface area contributed by atoms with Crippen LogP contribution in [-0.4, -0.2) is 79.2 Å². The largest absolute Gasteiger partial charge is 0.489 e. The third-order valence-corrected chi connectivity index (χ3v) is 8.02. The number of amides is 2. The van der Waals surface area contributed by atoms with Crippen molar-refractivity contribution >= 4 is 17.8 Å². The molecule has 0 bridgehead atoms. The molecule has 2 aromatic carbocycles. The highest BCUT2D eigenvalue weighted by Gasteiger charge is 2.37. The van der Waals surface area contributed by atoms with E-state index in [1.54, 1.807) is 40.0 Å². The lowest BCUT2D eigenvalue weighted by molar-refractivity contribution is -0.155. The monoisotopic (exact) mass is 609 g/mol. The minimum Gasteiger partial charge on any atom is -0.489 e. The number of benzene rings is 2. The zero-order valence-corrected chi connectivity index (χ0v) is 26.5. The van der Waals surface area contributed by atoms with Gasteiger partial charge in [0.1, 0.15) is 24.0 Å². The lowest BCUT2D eigenvalue weighted by Crippen LogP contribution is -2.45. The Labute approximate surface area is 260 Å². The van der Waals surface area contributed by atoms with Crippen molar-refractivity contribution in [1.29, 1.82) is 0 Å². The predicted molar refractivity (Wildman–Crippen MR) is 166 cm³/mol. The highest BCUT2D eigenvalue weighted by molar-refractivity contribution is 6.01. The van der Waals surface area contributed by atoms with Gasteiger partial charge in [0, 0.05) is 37.8 Å². The Morgan fingerprint density at radius 1 is 1.02 bits per heavy atom. The number of primary amides is 1. The second-order valence-electron chi connectivity index (χ2n) is 12.7. The fourth-order valence-corrected chi connectivity index (χ4v) is 5.68. The summed E-state index contributed by atoms with van der Waals surface area (Å²) in [5.74, 6) is -0.193. The molecule has 2 aliphatic rings. The third kappa shape index (κ3) is 9.51. The molecule has 2 N–H and O–H groups in total. The number of carbonyl (C=O) groups is 3. The molecule has 4 rings (SSSR count). The Hall–Kier alpha value is -3.47. The van der Waals surface area contributed by atoms with Crippen LogP contribution < -0.4 is 10.5 Å². The van der Waals surface area contributed by atoms with Gasteiger partial charge in [0.05, 0.1) is 19.8 Å². The van der Waals surface area contributed by atoms with Gasteiger partial charge in [-0.15, -0.1) is 0 Å². The van der Waals surface area contributed by atoms with E-state index in [9.17, 15) is 14.4 Å². The number of nitrogens with two attached hydrogens (primary N) is 1. The maximum Gasteiger partial charge on any atom is 0.306 e. The average Bonchev–Trinajstić information content (AvgIpc) is 3.31. The predicted octanol–water partition coefficient (Wildman–Crippen LogP) is 4.07. The van der Waals surface area contributed by atoms with Gasteiger partial charge in [-0.25, -0.2) is 0 Å². The molecule has 0 spiro atoms. The first-order valence-electron chi connectivity index (χ1n) is 15.5. The van der Waals surface area contributed by atoms with Crippen molar-refractivity contribution in [2.24, 2.45) is 11.7 Å². The van der Waals surface area contributed by atoms with Crippen LogP contribution in [0.3, 0.4) is 0 Å². The summed E-state index contributed by atoms with van der Waals surface area (Å²) in [6.45, 7) is 11.0. The summed E-state index contributed by atoms with van der Waals surface area (Å²) >= 11 is 0. The summed E-state index contributed by atoms with van der Waals surface area (Å²) in [6, 6.07) is 12.8. The SMILES string of the molecule is COCCOCC1CCN(Cc2ccc(COc3cccc4c3CN([C@@H](CCC(=O)OC(C)(C)C)C(N)=O)C4=O)cc2)CC1. The van der Waals surface area contributed by atoms with E-state index in [1.807, 2.05) is 6.07 Å². The highest BCUT2D eigenvalue weighted by atomic mass is 16.6. The molecule has 1 fully saturated rings. The minimum absolute atomic E-state index is 0.0209. The molecule has 2 aromatic rings. The summed E-state index contributed by atoms with van der Waals surface area (Å²) in [7, 11) is 1.69. The summed E-state index contributed by atoms with van der Waals surface area (Å²) in [6.07, 6.45) is 2.36. The molecule has 0 saturated carbocycles. The molecule has 2 heterocycles. The Balaban J connectivity index is 1.28. The van der Waals surface area contributed by atoms with Crippen LogP contribution in [0.4, 0.5) is 0 Å². The van der Waals surface area contributed by atoms with Crippen molar-refractivity contribution in [1.82, 2.24) is 9.80 Å². The maximum absolute atomic E-state index is 13.3. The van der Waals surface area contributed by atoms with Crippen molar-refractivity contribution in [2.75, 3.05) is 40.0 Å². The van der Waals surface area contributed by atoms with Gasteiger partial charge in [0.2, 0.25) is 5.91 Å². The van der Waals surface area contributed by atoms with Crippen molar-refractivity contribution in [3.05, 3.63) is 64.7 Å². The summed E-state index contributed by atoms with van der Waals surface area (Å²) in [5, 5.41) is 0. The Morgan fingerprint density at radius 2 is 1.73 bits per heavy atom. The van der Waals surface area contributed by atoms with E-state index in [2.05, 4.69) is 29.2 Å². The second kappa shape index (κ2) is 15.5. The van der Waals surface area contributed by atoms with Crippen LogP contribution in [0.2, 0.25) is 0 Å². The Morgan fingerprint density at radius 3 is 2.39 bits per heavy atom. The van der Waals surface area contributed by atoms with Crippen LogP contribution in [-0.2, 0) is 43.5 Å². The van der Waals surface area contributed by atoms with E-state index in [-0.39, 0.29) is 25.3 Å². The van der Waals surface area contributed by atoms with Gasteiger partial charge >= 0.3 is 5.97 Å². The standard InChI is InChI=1S/C34H47N3O7/c1-34(2,3)44-31(38)13-12-29(32(35)39)37-21-28-27(33(37)40)6-5-7-30(28)43-23-25-10-8-24(9-11-25)20-36-16-14-26(15-17-36)22-42-19-18-41-4/h5-11,26,29H,12-23H2,1-4H3,(H2,35,39)/t29-/m0/s1. The van der Waals surface area contributed by atoms with Crippen molar-refractivity contribution in [3.8, 4) is 5.75 Å². The van der Waals surface area contributed by atoms with E-state index in [4.69, 9.17) is 24.7 Å². The van der Waals surface area contributed by atoms with Crippen LogP contribution in [0.15, 0.2) is 42.5 Å². The molecule has 1 atom stereocenters. The highest BCUT2D eigenvalue weighted by Crippen LogP contribution is 2.33. The second-order valence-corrected chi connectivity index (χ2v) is 12.7. The number of hydrogen-bond acceptors (Lipinski definition) is 8. The quantitative estimate of drug-likeness (QED) is 0.237. The maximum atomic E-state index is 13.3. The number of nitrogens with zero attached hydrogens (tertiary/aromatic N) is 2. The number of hydrogen-bond donors (Lipinski definition) is 1. The van der Waals surface area contributed by atoms with Crippen LogP contribution in [0.1, 0.15) is 73.5 Å². The molecule has 0 radical (unpaired) electrons. The third-order valence-electron chi connectivity index (χ3n) is 8.02. The molecule has 10 nitrogen and oxygen atoms in total. The first-order valence-corrected chi connectivity index (χ1v) is 15.5. The van der Waals surface area contributed by atoms with E-state index >= 15 is 0 Å². The number of methoxy groups -OCH3 is 1. The van der Waals surface area contributed by atoms with E-state index in [0.29, 0.717) is 42.6 Å². The summed E-state index contributed by atoms with van der Waals surface area (Å²) in [4.78, 5) is 41.8. The first kappa shape index (κ1) is 33.4. The molecule has 1 saturated heterocycles. The number of ether oxygens (including phenoxy) is 4. The molecule has 44 heavy (non-hydrogen) atoms. The Bertz CT molecular complexity index is 1270. The van der Waals surface area contributed by atoms with Gasteiger partial charge in [-0.05, 0) is 82.3 Å². The minimum atomic E-state index is -0.928. The van der Waals surface area contributed by atoms with Gasteiger partial charge < -0.3 is 29.6 Å². The van der Waals surface area contributed by atoms with Crippen molar-refractivity contribution in [2.45, 2.75) is 77.8 Å². The van der Waals surface area contributed by atoms with Crippen molar-refractivity contribution < 1.29 is 33.3 Å². The van der Waals surface area contributed by atoms with E-state index in [0.717, 1.165) is 44.6 Å². The van der Waals surface area contributed by atoms with Gasteiger partial charge in [0.25, 0.3) is 5.91 Å². The Kier molecular flexibility index (Phi) is 11.8. The fraction of sp³-hybridized carbons (Fsp3) is 0.559. The average molecular weight is 610 g/mol. The molecule has 2 aliphatic heterocycles. The normalized spacial score (nSPS) is 16.5. The van der Waals surface area contributed by atoms with E-state index < -0.39 is 23.5 Å². The fourth-order valence-electron chi connectivity index (χ4n) is 5.68. The van der Waals surface area contributed by atoms with Gasteiger partial charge in [-0.2, -0.15) is 0 Å². The molecule has 0 aromatic heterocycles. The number of likely N-dealkylation sites (tertiary alicyclic amines) is 1. The zero-order chi connectivity index (χ0) is 31.7. The number of fused-ring (bicyclic) bond motifs is 1. The lowest BCUT2D eigenvalue weighted by atomic mass is 9.97. The van der Waals surface area contributed by atoms with Crippen LogP contribution in [0.5, 0.6) is 5.75 Å². The molecule has 0 unspecified atom stereocenters. The first-order chi connectivity index (χ1) is 21.0. The number of esters is 1. The molecule has 0 aliphatic carbocycles. The van der Waals surface area contributed by atoms with Crippen molar-refractivity contribution in [3.63, 3.8) is 0 Å².